The first-order valence-electron chi connectivity index (χ1n) is 10.3. The van der Waals surface area contributed by atoms with E-state index in [0.717, 1.165) is 24.4 Å². The summed E-state index contributed by atoms with van der Waals surface area (Å²) in [7, 11) is 4.79. The number of hydrogen-bond donors (Lipinski definition) is 0. The van der Waals surface area contributed by atoms with Crippen LogP contribution in [0.2, 0.25) is 0 Å². The highest BCUT2D eigenvalue weighted by molar-refractivity contribution is 5.97. The Morgan fingerprint density at radius 2 is 1.74 bits per heavy atom. The lowest BCUT2D eigenvalue weighted by atomic mass is 9.95. The van der Waals surface area contributed by atoms with Gasteiger partial charge in [-0.05, 0) is 37.1 Å². The highest BCUT2D eigenvalue weighted by Gasteiger charge is 2.30. The lowest BCUT2D eigenvalue weighted by molar-refractivity contribution is 0.0707. The van der Waals surface area contributed by atoms with Gasteiger partial charge in [-0.2, -0.15) is 5.10 Å². The van der Waals surface area contributed by atoms with Gasteiger partial charge < -0.3 is 14.4 Å². The topological polar surface area (TPSA) is 78.6 Å². The van der Waals surface area contributed by atoms with E-state index in [1.54, 1.807) is 44.0 Å². The maximum atomic E-state index is 13.1. The van der Waals surface area contributed by atoms with Crippen LogP contribution in [0.1, 0.15) is 34.9 Å². The van der Waals surface area contributed by atoms with Gasteiger partial charge in [0, 0.05) is 32.1 Å². The number of nitrogens with zero attached hydrogens (tertiary/aromatic N) is 4. The van der Waals surface area contributed by atoms with Crippen molar-refractivity contribution in [2.45, 2.75) is 18.8 Å². The normalized spacial score (nSPS) is 14.5. The van der Waals surface area contributed by atoms with E-state index >= 15 is 0 Å². The lowest BCUT2D eigenvalue weighted by Gasteiger charge is -2.32. The maximum absolute atomic E-state index is 13.1. The van der Waals surface area contributed by atoms with Gasteiger partial charge in [0.25, 0.3) is 5.91 Å². The maximum Gasteiger partial charge on any atom is 0.350 e. The quantitative estimate of drug-likeness (QED) is 0.632. The molecule has 162 valence electrons. The smallest absolute Gasteiger partial charge is 0.350 e. The van der Waals surface area contributed by atoms with Crippen LogP contribution in [-0.2, 0) is 7.05 Å². The molecule has 2 aromatic carbocycles. The third kappa shape index (κ3) is 3.93. The van der Waals surface area contributed by atoms with Crippen molar-refractivity contribution < 1.29 is 14.3 Å². The van der Waals surface area contributed by atoms with Crippen molar-refractivity contribution in [1.29, 1.82) is 0 Å². The van der Waals surface area contributed by atoms with Gasteiger partial charge in [-0.15, -0.1) is 0 Å². The van der Waals surface area contributed by atoms with E-state index in [0.29, 0.717) is 30.2 Å². The van der Waals surface area contributed by atoms with Crippen LogP contribution in [0.25, 0.3) is 5.69 Å². The second kappa shape index (κ2) is 8.67. The summed E-state index contributed by atoms with van der Waals surface area (Å²) in [6.45, 7) is 1.16. The Hall–Kier alpha value is -3.55. The zero-order valence-electron chi connectivity index (χ0n) is 17.9. The van der Waals surface area contributed by atoms with E-state index in [2.05, 4.69) is 5.10 Å². The van der Waals surface area contributed by atoms with Crippen LogP contribution in [0.5, 0.6) is 11.5 Å². The van der Waals surface area contributed by atoms with E-state index in [4.69, 9.17) is 9.47 Å². The summed E-state index contributed by atoms with van der Waals surface area (Å²) in [4.78, 5) is 27.6. The fraction of sp³-hybridized carbons (Fsp3) is 0.348. The molecule has 1 fully saturated rings. The molecule has 8 heteroatoms. The van der Waals surface area contributed by atoms with Gasteiger partial charge in [-0.1, -0.05) is 18.2 Å². The molecule has 0 radical (unpaired) electrons. The predicted octanol–water partition coefficient (Wildman–Crippen LogP) is 2.61. The minimum atomic E-state index is -0.164. The molecule has 1 aliphatic rings. The first-order valence-corrected chi connectivity index (χ1v) is 10.3. The molecule has 0 N–H and O–H groups in total. The molecule has 0 saturated carbocycles. The summed E-state index contributed by atoms with van der Waals surface area (Å²) < 4.78 is 13.7. The second-order valence-electron chi connectivity index (χ2n) is 7.57. The highest BCUT2D eigenvalue weighted by atomic mass is 16.5. The number of carbonyl (C=O) groups excluding carboxylic acids is 1. The van der Waals surface area contributed by atoms with Crippen LogP contribution < -0.4 is 15.2 Å². The van der Waals surface area contributed by atoms with Gasteiger partial charge >= 0.3 is 5.69 Å². The van der Waals surface area contributed by atoms with Gasteiger partial charge in [-0.25, -0.2) is 14.0 Å². The first kappa shape index (κ1) is 20.7. The van der Waals surface area contributed by atoms with E-state index in [-0.39, 0.29) is 17.5 Å². The van der Waals surface area contributed by atoms with Crippen LogP contribution in [0.15, 0.2) is 53.3 Å². The van der Waals surface area contributed by atoms with E-state index < -0.39 is 0 Å². The molecule has 1 amide bonds. The summed E-state index contributed by atoms with van der Waals surface area (Å²) >= 11 is 0. The van der Waals surface area contributed by atoms with Crippen LogP contribution >= 0.6 is 0 Å². The van der Waals surface area contributed by atoms with Crippen molar-refractivity contribution in [2.75, 3.05) is 27.3 Å². The Morgan fingerprint density at radius 1 is 1.03 bits per heavy atom. The number of likely N-dealkylation sites (tertiary alicyclic amines) is 1. The first-order chi connectivity index (χ1) is 15.0. The number of amides is 1. The molecule has 8 nitrogen and oxygen atoms in total. The SMILES string of the molecule is COc1ccc(C(=O)N2CCC(c3nn(C)c(=O)n3-c3ccccc3)CC2)c(OC)c1. The van der Waals surface area contributed by atoms with Gasteiger partial charge in [0.15, 0.2) is 0 Å². The molecule has 0 bridgehead atoms. The molecular formula is C23H26N4O4. The van der Waals surface area contributed by atoms with Crippen molar-refractivity contribution in [3.63, 3.8) is 0 Å². The Balaban J connectivity index is 1.53. The summed E-state index contributed by atoms with van der Waals surface area (Å²) in [5, 5.41) is 4.51. The van der Waals surface area contributed by atoms with E-state index in [9.17, 15) is 9.59 Å². The summed E-state index contributed by atoms with van der Waals surface area (Å²) in [5.41, 5.74) is 1.15. The standard InChI is InChI=1S/C23H26N4O4/c1-25-23(29)27(17-7-5-4-6-8-17)21(24-25)16-11-13-26(14-12-16)22(28)19-10-9-18(30-2)15-20(19)31-3/h4-10,15-16H,11-14H2,1-3H3. The molecule has 2 heterocycles. The Kier molecular flexibility index (Phi) is 5.79. The number of aryl methyl sites for hydroxylation is 1. The monoisotopic (exact) mass is 422 g/mol. The second-order valence-corrected chi connectivity index (χ2v) is 7.57. The zero-order chi connectivity index (χ0) is 22.0. The van der Waals surface area contributed by atoms with Crippen molar-refractivity contribution in [2.24, 2.45) is 7.05 Å². The Bertz CT molecular complexity index is 1130. The number of ether oxygens (including phenoxy) is 2. The average Bonchev–Trinajstić information content (AvgIpc) is 3.13. The number of hydrogen-bond acceptors (Lipinski definition) is 5. The molecule has 0 spiro atoms. The Morgan fingerprint density at radius 3 is 2.39 bits per heavy atom. The number of aromatic nitrogens is 3. The molecular weight excluding hydrogens is 396 g/mol. The third-order valence-corrected chi connectivity index (χ3v) is 5.75. The lowest BCUT2D eigenvalue weighted by Crippen LogP contribution is -2.38. The molecule has 0 atom stereocenters. The molecule has 31 heavy (non-hydrogen) atoms. The minimum absolute atomic E-state index is 0.0700. The number of methoxy groups -OCH3 is 2. The number of para-hydroxylation sites is 1. The van der Waals surface area contributed by atoms with E-state index in [1.807, 2.05) is 35.2 Å². The highest BCUT2D eigenvalue weighted by Crippen LogP contribution is 2.31. The summed E-state index contributed by atoms with van der Waals surface area (Å²) in [6.07, 6.45) is 1.46. The largest absolute Gasteiger partial charge is 0.497 e. The summed E-state index contributed by atoms with van der Waals surface area (Å²) in [5.74, 6) is 1.90. The number of piperidine rings is 1. The van der Waals surface area contributed by atoms with Crippen LogP contribution in [0.4, 0.5) is 0 Å². The number of rotatable bonds is 5. The molecule has 3 aromatic rings. The molecule has 1 aromatic heterocycles. The van der Waals surface area contributed by atoms with Gasteiger partial charge in [-0.3, -0.25) is 4.79 Å². The van der Waals surface area contributed by atoms with Gasteiger partial charge in [0.2, 0.25) is 0 Å². The zero-order valence-corrected chi connectivity index (χ0v) is 17.9. The van der Waals surface area contributed by atoms with Crippen molar-refractivity contribution in [1.82, 2.24) is 19.2 Å². The summed E-state index contributed by atoms with van der Waals surface area (Å²) in [6, 6.07) is 14.7. The van der Waals surface area contributed by atoms with Crippen molar-refractivity contribution >= 4 is 5.91 Å². The van der Waals surface area contributed by atoms with Crippen LogP contribution in [-0.4, -0.2) is 52.5 Å². The van der Waals surface area contributed by atoms with Crippen molar-refractivity contribution in [3.05, 3.63) is 70.4 Å². The number of carbonyl (C=O) groups is 1. The minimum Gasteiger partial charge on any atom is -0.497 e. The van der Waals surface area contributed by atoms with Crippen molar-refractivity contribution in [3.8, 4) is 17.2 Å². The molecule has 1 aliphatic heterocycles. The number of benzene rings is 2. The molecule has 0 unspecified atom stereocenters. The average molecular weight is 422 g/mol. The van der Waals surface area contributed by atoms with E-state index in [1.165, 1.54) is 4.68 Å². The van der Waals surface area contributed by atoms with Crippen LogP contribution in [0, 0.1) is 0 Å². The molecule has 0 aliphatic carbocycles. The van der Waals surface area contributed by atoms with Gasteiger partial charge in [0.05, 0.1) is 25.5 Å². The van der Waals surface area contributed by atoms with Crippen LogP contribution in [0.3, 0.4) is 0 Å². The third-order valence-electron chi connectivity index (χ3n) is 5.75. The fourth-order valence-electron chi connectivity index (χ4n) is 4.05. The fourth-order valence-corrected chi connectivity index (χ4v) is 4.05. The molecule has 1 saturated heterocycles. The predicted molar refractivity (Wildman–Crippen MR) is 116 cm³/mol. The van der Waals surface area contributed by atoms with Gasteiger partial charge in [0.1, 0.15) is 17.3 Å². The molecule has 4 rings (SSSR count). The Labute approximate surface area is 180 Å².